The van der Waals surface area contributed by atoms with Crippen LogP contribution in [-0.2, 0) is 14.4 Å². The van der Waals surface area contributed by atoms with Crippen molar-refractivity contribution in [2.24, 2.45) is 5.16 Å². The van der Waals surface area contributed by atoms with Crippen LogP contribution in [0, 0.1) is 0 Å². The topological polar surface area (TPSA) is 47.9 Å². The van der Waals surface area contributed by atoms with Gasteiger partial charge in [-0.3, -0.25) is 4.79 Å². The molecule has 1 aliphatic heterocycles. The summed E-state index contributed by atoms with van der Waals surface area (Å²) < 4.78 is 4.61. The molecule has 2 unspecified atom stereocenters. The fraction of sp³-hybridized carbons (Fsp3) is 0.714. The molecule has 5 heteroatoms. The lowest BCUT2D eigenvalue weighted by Crippen LogP contribution is -2.34. The van der Waals surface area contributed by atoms with E-state index < -0.39 is 0 Å². The average molecular weight is 189 g/mol. The van der Waals surface area contributed by atoms with Gasteiger partial charge in [-0.1, -0.05) is 16.9 Å². The van der Waals surface area contributed by atoms with Crippen molar-refractivity contribution in [1.82, 2.24) is 0 Å². The lowest BCUT2D eigenvalue weighted by atomic mass is 10.3. The second-order valence-electron chi connectivity index (χ2n) is 2.48. The minimum atomic E-state index is -0.285. The Kier molecular flexibility index (Phi) is 2.97. The summed E-state index contributed by atoms with van der Waals surface area (Å²) in [5.41, 5.74) is 0. The molecule has 0 fully saturated rings. The van der Waals surface area contributed by atoms with Crippen LogP contribution in [0.4, 0.5) is 0 Å². The van der Waals surface area contributed by atoms with Gasteiger partial charge in [0.25, 0.3) is 0 Å². The van der Waals surface area contributed by atoms with Crippen molar-refractivity contribution in [3.05, 3.63) is 0 Å². The third-order valence-corrected chi connectivity index (χ3v) is 2.75. The first-order valence-corrected chi connectivity index (χ1v) is 4.48. The number of esters is 1. The molecular formula is C7H11NO3S. The molecule has 1 aliphatic rings. The van der Waals surface area contributed by atoms with E-state index in [0.717, 1.165) is 5.04 Å². The first-order chi connectivity index (χ1) is 5.65. The Labute approximate surface area is 75.3 Å². The molecule has 1 heterocycles. The molecule has 0 aromatic heterocycles. The number of hydrogen-bond acceptors (Lipinski definition) is 5. The van der Waals surface area contributed by atoms with Crippen molar-refractivity contribution in [2.45, 2.75) is 25.2 Å². The molecule has 0 amide bonds. The van der Waals surface area contributed by atoms with Crippen LogP contribution >= 0.6 is 11.8 Å². The number of rotatable bonds is 1. The second-order valence-corrected chi connectivity index (χ2v) is 3.82. The van der Waals surface area contributed by atoms with Crippen molar-refractivity contribution in [3.63, 3.8) is 0 Å². The molecule has 0 bridgehead atoms. The number of ether oxygens (including phenoxy) is 1. The first-order valence-electron chi connectivity index (χ1n) is 3.60. The molecule has 2 atom stereocenters. The van der Waals surface area contributed by atoms with Crippen LogP contribution in [0.1, 0.15) is 13.8 Å². The van der Waals surface area contributed by atoms with E-state index in [2.05, 4.69) is 9.89 Å². The van der Waals surface area contributed by atoms with E-state index in [4.69, 9.17) is 4.84 Å². The number of hydrogen-bond donors (Lipinski definition) is 0. The molecule has 0 radical (unpaired) electrons. The van der Waals surface area contributed by atoms with Gasteiger partial charge < -0.3 is 9.57 Å². The normalized spacial score (nSPS) is 28.8. The summed E-state index contributed by atoms with van der Waals surface area (Å²) in [5, 5.41) is 4.22. The molecule has 0 spiro atoms. The van der Waals surface area contributed by atoms with Gasteiger partial charge in [0.1, 0.15) is 16.4 Å². The Balaban J connectivity index is 2.65. The molecule has 0 N–H and O–H groups in total. The summed E-state index contributed by atoms with van der Waals surface area (Å²) in [5.74, 6) is -0.262. The lowest BCUT2D eigenvalue weighted by Gasteiger charge is -2.23. The van der Waals surface area contributed by atoms with E-state index in [1.807, 2.05) is 0 Å². The summed E-state index contributed by atoms with van der Waals surface area (Å²) >= 11 is 1.38. The van der Waals surface area contributed by atoms with Crippen molar-refractivity contribution < 1.29 is 14.4 Å². The van der Waals surface area contributed by atoms with Gasteiger partial charge in [-0.05, 0) is 13.8 Å². The SMILES string of the molecule is COC(=O)C1SC(C)=NOC1C. The molecule has 0 saturated heterocycles. The fourth-order valence-electron chi connectivity index (χ4n) is 0.870. The first kappa shape index (κ1) is 9.38. The predicted molar refractivity (Wildman–Crippen MR) is 47.1 cm³/mol. The van der Waals surface area contributed by atoms with Gasteiger partial charge in [0, 0.05) is 0 Å². The van der Waals surface area contributed by atoms with Gasteiger partial charge in [-0.25, -0.2) is 0 Å². The summed E-state index contributed by atoms with van der Waals surface area (Å²) in [4.78, 5) is 16.1. The molecule has 4 nitrogen and oxygen atoms in total. The predicted octanol–water partition coefficient (Wildman–Crippen LogP) is 1.01. The zero-order valence-electron chi connectivity index (χ0n) is 7.23. The van der Waals surface area contributed by atoms with Crippen LogP contribution in [-0.4, -0.2) is 29.5 Å². The molecule has 0 saturated carbocycles. The number of thioether (sulfide) groups is 1. The molecule has 0 aliphatic carbocycles. The molecule has 0 aromatic rings. The molecule has 68 valence electrons. The van der Waals surface area contributed by atoms with E-state index in [-0.39, 0.29) is 17.3 Å². The van der Waals surface area contributed by atoms with Crippen molar-refractivity contribution in [1.29, 1.82) is 0 Å². The number of nitrogens with zero attached hydrogens (tertiary/aromatic N) is 1. The van der Waals surface area contributed by atoms with E-state index in [1.54, 1.807) is 13.8 Å². The smallest absolute Gasteiger partial charge is 0.323 e. The maximum absolute atomic E-state index is 11.1. The lowest BCUT2D eigenvalue weighted by molar-refractivity contribution is -0.142. The Morgan fingerprint density at radius 3 is 3.00 bits per heavy atom. The van der Waals surface area contributed by atoms with Crippen LogP contribution in [0.5, 0.6) is 0 Å². The molecule has 1 rings (SSSR count). The Morgan fingerprint density at radius 2 is 2.42 bits per heavy atom. The zero-order valence-corrected chi connectivity index (χ0v) is 8.05. The maximum atomic E-state index is 11.1. The zero-order chi connectivity index (χ0) is 9.14. The van der Waals surface area contributed by atoms with Gasteiger partial charge in [0.15, 0.2) is 0 Å². The number of carbonyl (C=O) groups excluding carboxylic acids is 1. The summed E-state index contributed by atoms with van der Waals surface area (Å²) in [7, 11) is 1.37. The van der Waals surface area contributed by atoms with Crippen LogP contribution in [0.15, 0.2) is 5.16 Å². The van der Waals surface area contributed by atoms with Crippen molar-refractivity contribution in [2.75, 3.05) is 7.11 Å². The van der Waals surface area contributed by atoms with E-state index >= 15 is 0 Å². The van der Waals surface area contributed by atoms with E-state index in [0.29, 0.717) is 0 Å². The highest BCUT2D eigenvalue weighted by Gasteiger charge is 2.32. The van der Waals surface area contributed by atoms with Gasteiger partial charge in [0.2, 0.25) is 0 Å². The third kappa shape index (κ3) is 1.91. The Hall–Kier alpha value is -0.710. The van der Waals surface area contributed by atoms with Gasteiger partial charge >= 0.3 is 5.97 Å². The molecular weight excluding hydrogens is 178 g/mol. The Morgan fingerprint density at radius 1 is 1.75 bits per heavy atom. The minimum absolute atomic E-state index is 0.217. The number of carbonyl (C=O) groups is 1. The third-order valence-electron chi connectivity index (χ3n) is 1.50. The standard InChI is InChI=1S/C7H11NO3S/c1-4-6(7(9)10-3)12-5(2)8-11-4/h4,6H,1-3H3. The Bertz CT molecular complexity index is 217. The number of methoxy groups -OCH3 is 1. The fourth-order valence-corrected chi connectivity index (χ4v) is 1.76. The van der Waals surface area contributed by atoms with Crippen LogP contribution in [0.25, 0.3) is 0 Å². The summed E-state index contributed by atoms with van der Waals surface area (Å²) in [6.45, 7) is 3.59. The quantitative estimate of drug-likeness (QED) is 0.578. The molecule has 0 aromatic carbocycles. The average Bonchev–Trinajstić information content (AvgIpc) is 2.08. The molecule has 12 heavy (non-hydrogen) atoms. The van der Waals surface area contributed by atoms with Gasteiger partial charge in [0.05, 0.1) is 7.11 Å². The van der Waals surface area contributed by atoms with Gasteiger partial charge in [-0.2, -0.15) is 0 Å². The summed E-state index contributed by atoms with van der Waals surface area (Å²) in [6.07, 6.45) is -0.217. The van der Waals surface area contributed by atoms with E-state index in [1.165, 1.54) is 18.9 Å². The monoisotopic (exact) mass is 189 g/mol. The van der Waals surface area contributed by atoms with Crippen molar-refractivity contribution in [3.8, 4) is 0 Å². The summed E-state index contributed by atoms with van der Waals surface area (Å²) in [6, 6.07) is 0. The second kappa shape index (κ2) is 3.80. The van der Waals surface area contributed by atoms with Crippen LogP contribution in [0.3, 0.4) is 0 Å². The minimum Gasteiger partial charge on any atom is -0.468 e. The number of oxime groups is 1. The highest BCUT2D eigenvalue weighted by molar-refractivity contribution is 8.15. The van der Waals surface area contributed by atoms with Gasteiger partial charge in [-0.15, -0.1) is 0 Å². The largest absolute Gasteiger partial charge is 0.468 e. The maximum Gasteiger partial charge on any atom is 0.323 e. The highest BCUT2D eigenvalue weighted by atomic mass is 32.2. The van der Waals surface area contributed by atoms with Crippen molar-refractivity contribution >= 4 is 22.8 Å². The van der Waals surface area contributed by atoms with Crippen LogP contribution < -0.4 is 0 Å². The highest BCUT2D eigenvalue weighted by Crippen LogP contribution is 2.24. The van der Waals surface area contributed by atoms with E-state index in [9.17, 15) is 4.79 Å². The van der Waals surface area contributed by atoms with Crippen LogP contribution in [0.2, 0.25) is 0 Å².